The Kier molecular flexibility index (Phi) is 5.57. The number of anilines is 1. The molecule has 0 saturated heterocycles. The van der Waals surface area contributed by atoms with E-state index in [2.05, 4.69) is 32.5 Å². The second-order valence-electron chi connectivity index (χ2n) is 4.64. The van der Waals surface area contributed by atoms with Crippen LogP contribution in [0.3, 0.4) is 0 Å². The van der Waals surface area contributed by atoms with E-state index in [4.69, 9.17) is 0 Å². The van der Waals surface area contributed by atoms with E-state index in [0.717, 1.165) is 4.47 Å². The highest BCUT2D eigenvalue weighted by molar-refractivity contribution is 9.10. The molecule has 1 amide bonds. The molecule has 0 aliphatic rings. The molecular formula is C16H15BrN2O3S. The monoisotopic (exact) mass is 394 g/mol. The molecule has 7 heteroatoms. The molecule has 0 atom stereocenters. The van der Waals surface area contributed by atoms with Crippen LogP contribution in [0.25, 0.3) is 0 Å². The Bertz CT molecular complexity index is 817. The molecule has 0 bridgehead atoms. The predicted octanol–water partition coefficient (Wildman–Crippen LogP) is 3.17. The van der Waals surface area contributed by atoms with Crippen molar-refractivity contribution >= 4 is 37.5 Å². The van der Waals surface area contributed by atoms with Gasteiger partial charge in [-0.25, -0.2) is 8.42 Å². The van der Waals surface area contributed by atoms with E-state index in [1.165, 1.54) is 24.3 Å². The quantitative estimate of drug-likeness (QED) is 0.738. The number of carbonyl (C=O) groups excluding carboxylic acids is 1. The summed E-state index contributed by atoms with van der Waals surface area (Å²) in [5.41, 5.74) is 0.834. The van der Waals surface area contributed by atoms with Crippen molar-refractivity contribution in [2.45, 2.75) is 4.90 Å². The Morgan fingerprint density at radius 3 is 2.48 bits per heavy atom. The molecule has 0 heterocycles. The largest absolute Gasteiger partial charge is 0.349 e. The standard InChI is InChI=1S/C16H15BrN2O3S/c1-2-10-18-16(20)12-6-8-15(9-7-12)23(21,22)19-14-5-3-4-13(17)11-14/h2-9,11,19H,1,10H2,(H,18,20). The number of nitrogens with one attached hydrogen (secondary N) is 2. The maximum Gasteiger partial charge on any atom is 0.261 e. The van der Waals surface area contributed by atoms with Gasteiger partial charge in [0.1, 0.15) is 0 Å². The van der Waals surface area contributed by atoms with Crippen molar-refractivity contribution in [3.63, 3.8) is 0 Å². The van der Waals surface area contributed by atoms with Crippen molar-refractivity contribution < 1.29 is 13.2 Å². The Hall–Kier alpha value is -2.12. The van der Waals surface area contributed by atoms with Crippen molar-refractivity contribution in [3.8, 4) is 0 Å². The predicted molar refractivity (Wildman–Crippen MR) is 93.9 cm³/mol. The highest BCUT2D eigenvalue weighted by Gasteiger charge is 2.15. The van der Waals surface area contributed by atoms with Gasteiger partial charge in [0.2, 0.25) is 0 Å². The first-order valence-electron chi connectivity index (χ1n) is 6.70. The Morgan fingerprint density at radius 1 is 1.17 bits per heavy atom. The third-order valence-electron chi connectivity index (χ3n) is 2.91. The molecule has 2 aromatic carbocycles. The zero-order valence-electron chi connectivity index (χ0n) is 12.1. The van der Waals surface area contributed by atoms with Crippen molar-refractivity contribution in [2.24, 2.45) is 0 Å². The number of benzene rings is 2. The van der Waals surface area contributed by atoms with Gasteiger partial charge in [0, 0.05) is 22.3 Å². The van der Waals surface area contributed by atoms with Crippen LogP contribution < -0.4 is 10.0 Å². The lowest BCUT2D eigenvalue weighted by molar-refractivity contribution is 0.0958. The van der Waals surface area contributed by atoms with E-state index in [-0.39, 0.29) is 10.8 Å². The van der Waals surface area contributed by atoms with E-state index in [9.17, 15) is 13.2 Å². The zero-order chi connectivity index (χ0) is 16.9. The minimum atomic E-state index is -3.71. The van der Waals surface area contributed by atoms with Crippen LogP contribution in [0.5, 0.6) is 0 Å². The summed E-state index contributed by atoms with van der Waals surface area (Å²) in [4.78, 5) is 11.8. The number of rotatable bonds is 6. The highest BCUT2D eigenvalue weighted by atomic mass is 79.9. The summed E-state index contributed by atoms with van der Waals surface area (Å²) in [7, 11) is -3.71. The fourth-order valence-electron chi connectivity index (χ4n) is 1.82. The molecule has 0 aliphatic heterocycles. The normalized spacial score (nSPS) is 10.8. The molecule has 0 aromatic heterocycles. The van der Waals surface area contributed by atoms with Crippen LogP contribution in [-0.4, -0.2) is 20.9 Å². The average molecular weight is 395 g/mol. The van der Waals surface area contributed by atoms with Crippen molar-refractivity contribution in [1.82, 2.24) is 5.32 Å². The van der Waals surface area contributed by atoms with Gasteiger partial charge < -0.3 is 5.32 Å². The number of amides is 1. The van der Waals surface area contributed by atoms with Crippen molar-refractivity contribution in [3.05, 3.63) is 71.2 Å². The first kappa shape index (κ1) is 17.2. The van der Waals surface area contributed by atoms with Crippen LogP contribution in [0.1, 0.15) is 10.4 Å². The lowest BCUT2D eigenvalue weighted by Crippen LogP contribution is -2.23. The third kappa shape index (κ3) is 4.67. The smallest absolute Gasteiger partial charge is 0.261 e. The molecule has 2 N–H and O–H groups in total. The first-order valence-corrected chi connectivity index (χ1v) is 8.97. The number of carbonyl (C=O) groups is 1. The second kappa shape index (κ2) is 7.43. The molecule has 2 rings (SSSR count). The summed E-state index contributed by atoms with van der Waals surface area (Å²) in [6.45, 7) is 3.86. The topological polar surface area (TPSA) is 75.3 Å². The summed E-state index contributed by atoms with van der Waals surface area (Å²) in [5.74, 6) is -0.284. The molecular weight excluding hydrogens is 380 g/mol. The van der Waals surface area contributed by atoms with E-state index in [1.807, 2.05) is 0 Å². The van der Waals surface area contributed by atoms with Crippen LogP contribution in [0, 0.1) is 0 Å². The van der Waals surface area contributed by atoms with Gasteiger partial charge in [-0.05, 0) is 42.5 Å². The van der Waals surface area contributed by atoms with E-state index in [0.29, 0.717) is 17.8 Å². The van der Waals surface area contributed by atoms with Crippen LogP contribution in [0.15, 0.2) is 70.6 Å². The number of halogens is 1. The molecule has 23 heavy (non-hydrogen) atoms. The van der Waals surface area contributed by atoms with Gasteiger partial charge in [0.15, 0.2) is 0 Å². The molecule has 0 fully saturated rings. The number of hydrogen-bond acceptors (Lipinski definition) is 3. The van der Waals surface area contributed by atoms with Crippen LogP contribution in [0.2, 0.25) is 0 Å². The Balaban J connectivity index is 2.17. The van der Waals surface area contributed by atoms with Gasteiger partial charge >= 0.3 is 0 Å². The number of hydrogen-bond donors (Lipinski definition) is 2. The molecule has 2 aromatic rings. The molecule has 0 aliphatic carbocycles. The minimum absolute atomic E-state index is 0.0812. The summed E-state index contributed by atoms with van der Waals surface area (Å²) in [6, 6.07) is 12.6. The summed E-state index contributed by atoms with van der Waals surface area (Å²) < 4.78 is 27.9. The summed E-state index contributed by atoms with van der Waals surface area (Å²) >= 11 is 3.29. The average Bonchev–Trinajstić information content (AvgIpc) is 2.52. The lowest BCUT2D eigenvalue weighted by Gasteiger charge is -2.09. The van der Waals surface area contributed by atoms with Crippen molar-refractivity contribution in [2.75, 3.05) is 11.3 Å². The van der Waals surface area contributed by atoms with E-state index in [1.54, 1.807) is 30.3 Å². The fraction of sp³-hybridized carbons (Fsp3) is 0.0625. The molecule has 0 radical (unpaired) electrons. The maximum atomic E-state index is 12.3. The Morgan fingerprint density at radius 2 is 1.87 bits per heavy atom. The van der Waals surface area contributed by atoms with Gasteiger partial charge in [-0.15, -0.1) is 6.58 Å². The summed E-state index contributed by atoms with van der Waals surface area (Å²) in [5, 5.41) is 2.63. The van der Waals surface area contributed by atoms with Gasteiger partial charge in [-0.2, -0.15) is 0 Å². The van der Waals surface area contributed by atoms with Gasteiger partial charge in [0.05, 0.1) is 4.90 Å². The molecule has 120 valence electrons. The first-order chi connectivity index (χ1) is 10.9. The molecule has 0 saturated carbocycles. The van der Waals surface area contributed by atoms with Crippen molar-refractivity contribution in [1.29, 1.82) is 0 Å². The number of sulfonamides is 1. The molecule has 5 nitrogen and oxygen atoms in total. The van der Waals surface area contributed by atoms with Gasteiger partial charge in [-0.3, -0.25) is 9.52 Å². The zero-order valence-corrected chi connectivity index (χ0v) is 14.5. The Labute approximate surface area is 143 Å². The van der Waals surface area contributed by atoms with Crippen LogP contribution in [0.4, 0.5) is 5.69 Å². The lowest BCUT2D eigenvalue weighted by atomic mass is 10.2. The van der Waals surface area contributed by atoms with Gasteiger partial charge in [0.25, 0.3) is 15.9 Å². The van der Waals surface area contributed by atoms with Crippen LogP contribution >= 0.6 is 15.9 Å². The second-order valence-corrected chi connectivity index (χ2v) is 7.24. The highest BCUT2D eigenvalue weighted by Crippen LogP contribution is 2.20. The summed E-state index contributed by atoms with van der Waals surface area (Å²) in [6.07, 6.45) is 1.57. The molecule has 0 unspecified atom stereocenters. The maximum absolute atomic E-state index is 12.3. The minimum Gasteiger partial charge on any atom is -0.349 e. The SMILES string of the molecule is C=CCNC(=O)c1ccc(S(=O)(=O)Nc2cccc(Br)c2)cc1. The fourth-order valence-corrected chi connectivity index (χ4v) is 3.27. The van der Waals surface area contributed by atoms with E-state index < -0.39 is 10.0 Å². The third-order valence-corrected chi connectivity index (χ3v) is 4.80. The van der Waals surface area contributed by atoms with E-state index >= 15 is 0 Å². The van der Waals surface area contributed by atoms with Crippen LogP contribution in [-0.2, 0) is 10.0 Å². The van der Waals surface area contributed by atoms with Gasteiger partial charge in [-0.1, -0.05) is 28.1 Å². The molecule has 0 spiro atoms.